The summed E-state index contributed by atoms with van der Waals surface area (Å²) in [6, 6.07) is 1.71. The maximum Gasteiger partial charge on any atom is 0.271 e. The van der Waals surface area contributed by atoms with E-state index in [9.17, 15) is 4.79 Å². The number of carbonyl (C=O) groups is 1. The topological polar surface area (TPSA) is 88.5 Å². The van der Waals surface area contributed by atoms with Gasteiger partial charge in [0.25, 0.3) is 5.91 Å². The lowest BCUT2D eigenvalue weighted by molar-refractivity contribution is 0.0642. The van der Waals surface area contributed by atoms with Gasteiger partial charge >= 0.3 is 0 Å². The average Bonchev–Trinajstić information content (AvgIpc) is 3.18. The van der Waals surface area contributed by atoms with Gasteiger partial charge in [-0.2, -0.15) is 0 Å². The van der Waals surface area contributed by atoms with Gasteiger partial charge in [-0.05, 0) is 49.9 Å². The summed E-state index contributed by atoms with van der Waals surface area (Å²) in [5.74, 6) is 0.648. The van der Waals surface area contributed by atoms with Gasteiger partial charge in [-0.15, -0.1) is 11.3 Å². The highest BCUT2D eigenvalue weighted by Crippen LogP contribution is 2.24. The van der Waals surface area contributed by atoms with Crippen LogP contribution in [0.2, 0.25) is 0 Å². The maximum absolute atomic E-state index is 12.8. The molecule has 0 bridgehead atoms. The third-order valence-corrected chi connectivity index (χ3v) is 5.58. The monoisotopic (exact) mass is 399 g/mol. The van der Waals surface area contributed by atoms with Gasteiger partial charge in [0.15, 0.2) is 5.69 Å². The van der Waals surface area contributed by atoms with Crippen molar-refractivity contribution < 1.29 is 9.53 Å². The molecule has 0 spiro atoms. The van der Waals surface area contributed by atoms with Crippen LogP contribution in [-0.4, -0.2) is 48.4 Å². The Labute approximate surface area is 168 Å². The van der Waals surface area contributed by atoms with Crippen LogP contribution in [0.5, 0.6) is 0 Å². The molecule has 1 unspecified atom stereocenters. The molecule has 7 nitrogen and oxygen atoms in total. The lowest BCUT2D eigenvalue weighted by Gasteiger charge is -2.22. The summed E-state index contributed by atoms with van der Waals surface area (Å²) < 4.78 is 6.16. The van der Waals surface area contributed by atoms with Gasteiger partial charge in [0, 0.05) is 19.8 Å². The quantitative estimate of drug-likeness (QED) is 0.524. The number of fused-ring (bicyclic) bond motifs is 1. The molecule has 0 saturated carbocycles. The van der Waals surface area contributed by atoms with E-state index in [-0.39, 0.29) is 11.9 Å². The molecule has 8 heteroatoms. The molecule has 3 rings (SSSR count). The average molecular weight is 400 g/mol. The molecule has 148 valence electrons. The molecule has 1 atom stereocenters. The number of allylic oxidation sites excluding steroid dienone is 2. The molecule has 3 heterocycles. The highest BCUT2D eigenvalue weighted by Gasteiger charge is 2.20. The highest BCUT2D eigenvalue weighted by atomic mass is 32.1. The van der Waals surface area contributed by atoms with Gasteiger partial charge in [0.05, 0.1) is 22.0 Å². The van der Waals surface area contributed by atoms with Crippen molar-refractivity contribution in [3.63, 3.8) is 0 Å². The van der Waals surface area contributed by atoms with E-state index in [4.69, 9.17) is 4.74 Å². The number of hydrogen-bond acceptors (Lipinski definition) is 7. The van der Waals surface area contributed by atoms with Crippen molar-refractivity contribution >= 4 is 40.1 Å². The smallest absolute Gasteiger partial charge is 0.271 e. The summed E-state index contributed by atoms with van der Waals surface area (Å²) in [5.41, 5.74) is 1.85. The Hall–Kier alpha value is -2.58. The molecule has 1 fully saturated rings. The number of hydrogen-bond donors (Lipinski definition) is 2. The van der Waals surface area contributed by atoms with Crippen molar-refractivity contribution in [1.82, 2.24) is 15.3 Å². The van der Waals surface area contributed by atoms with Gasteiger partial charge in [-0.25, -0.2) is 9.97 Å². The SMILES string of the molecule is C=C/C=C(\N=C)C(C)Nc1nc(C(=O)NCC2CCOCC2)c2sccc2n1. The Morgan fingerprint density at radius 1 is 1.46 bits per heavy atom. The van der Waals surface area contributed by atoms with E-state index in [0.29, 0.717) is 24.1 Å². The number of anilines is 1. The fourth-order valence-electron chi connectivity index (χ4n) is 3.08. The highest BCUT2D eigenvalue weighted by molar-refractivity contribution is 7.17. The van der Waals surface area contributed by atoms with Crippen LogP contribution in [-0.2, 0) is 4.74 Å². The zero-order chi connectivity index (χ0) is 19.9. The molecule has 0 radical (unpaired) electrons. The number of nitrogens with one attached hydrogen (secondary N) is 2. The van der Waals surface area contributed by atoms with Crippen LogP contribution < -0.4 is 10.6 Å². The zero-order valence-corrected chi connectivity index (χ0v) is 16.8. The molecule has 2 aromatic rings. The molecule has 28 heavy (non-hydrogen) atoms. The summed E-state index contributed by atoms with van der Waals surface area (Å²) >= 11 is 1.46. The van der Waals surface area contributed by atoms with E-state index < -0.39 is 0 Å². The van der Waals surface area contributed by atoms with Crippen LogP contribution in [0.3, 0.4) is 0 Å². The summed E-state index contributed by atoms with van der Waals surface area (Å²) in [6.45, 7) is 11.3. The summed E-state index contributed by atoms with van der Waals surface area (Å²) in [5, 5.41) is 8.14. The van der Waals surface area contributed by atoms with Gasteiger partial charge in [-0.1, -0.05) is 12.7 Å². The van der Waals surface area contributed by atoms with Gasteiger partial charge in [0.2, 0.25) is 5.95 Å². The van der Waals surface area contributed by atoms with E-state index in [2.05, 4.69) is 38.9 Å². The van der Waals surface area contributed by atoms with Crippen LogP contribution >= 0.6 is 11.3 Å². The first-order chi connectivity index (χ1) is 13.6. The predicted molar refractivity (Wildman–Crippen MR) is 114 cm³/mol. The largest absolute Gasteiger partial charge is 0.381 e. The number of aromatic nitrogens is 2. The normalized spacial score (nSPS) is 16.5. The number of ether oxygens (including phenoxy) is 1. The number of thiophene rings is 1. The third-order valence-electron chi connectivity index (χ3n) is 4.67. The molecule has 2 aromatic heterocycles. The molecular weight excluding hydrogens is 374 g/mol. The number of aliphatic imine (C=N–C) groups is 1. The summed E-state index contributed by atoms with van der Waals surface area (Å²) in [6.07, 6.45) is 5.36. The molecule has 1 saturated heterocycles. The number of rotatable bonds is 8. The first-order valence-corrected chi connectivity index (χ1v) is 10.2. The van der Waals surface area contributed by atoms with Crippen molar-refractivity contribution in [2.45, 2.75) is 25.8 Å². The Morgan fingerprint density at radius 3 is 2.96 bits per heavy atom. The fraction of sp³-hybridized carbons (Fsp3) is 0.400. The second-order valence-corrected chi connectivity index (χ2v) is 7.56. The molecule has 1 amide bonds. The molecule has 1 aliphatic rings. The summed E-state index contributed by atoms with van der Waals surface area (Å²) in [7, 11) is 0. The summed E-state index contributed by atoms with van der Waals surface area (Å²) in [4.78, 5) is 25.8. The van der Waals surface area contributed by atoms with Crippen molar-refractivity contribution in [3.05, 3.63) is 41.6 Å². The first kappa shape index (κ1) is 20.2. The van der Waals surface area contributed by atoms with Crippen molar-refractivity contribution in [1.29, 1.82) is 0 Å². The van der Waals surface area contributed by atoms with E-state index in [1.807, 2.05) is 18.4 Å². The maximum atomic E-state index is 12.8. The minimum atomic E-state index is -0.180. The van der Waals surface area contributed by atoms with E-state index in [1.165, 1.54) is 11.3 Å². The van der Waals surface area contributed by atoms with Crippen LogP contribution in [0.4, 0.5) is 5.95 Å². The van der Waals surface area contributed by atoms with Crippen LogP contribution in [0, 0.1) is 5.92 Å². The van der Waals surface area contributed by atoms with E-state index in [0.717, 1.165) is 42.0 Å². The van der Waals surface area contributed by atoms with Crippen molar-refractivity contribution in [3.8, 4) is 0 Å². The molecule has 0 aromatic carbocycles. The molecule has 1 aliphatic heterocycles. The Kier molecular flexibility index (Phi) is 6.89. The van der Waals surface area contributed by atoms with Gasteiger partial charge < -0.3 is 15.4 Å². The number of carbonyl (C=O) groups excluding carboxylic acids is 1. The van der Waals surface area contributed by atoms with Crippen molar-refractivity contribution in [2.75, 3.05) is 25.1 Å². The fourth-order valence-corrected chi connectivity index (χ4v) is 3.89. The van der Waals surface area contributed by atoms with E-state index in [1.54, 1.807) is 12.2 Å². The Bertz CT molecular complexity index is 886. The minimum Gasteiger partial charge on any atom is -0.381 e. The molecular formula is C20H25N5O2S. The lowest BCUT2D eigenvalue weighted by Crippen LogP contribution is -2.33. The standard InChI is InChI=1S/C20H25N5O2S/c1-4-5-15(21-3)13(2)23-20-24-16-8-11-28-18(16)17(25-20)19(26)22-12-14-6-9-27-10-7-14/h4-5,8,11,13-14H,1,3,6-7,9-10,12H2,2H3,(H,22,26)(H,23,24,25)/b15-5-. The van der Waals surface area contributed by atoms with Crippen molar-refractivity contribution in [2.24, 2.45) is 10.9 Å². The third kappa shape index (κ3) is 4.82. The Morgan fingerprint density at radius 2 is 2.25 bits per heavy atom. The number of amides is 1. The zero-order valence-electron chi connectivity index (χ0n) is 16.0. The second kappa shape index (κ2) is 9.57. The van der Waals surface area contributed by atoms with Crippen LogP contribution in [0.1, 0.15) is 30.3 Å². The van der Waals surface area contributed by atoms with Gasteiger partial charge in [0.1, 0.15) is 0 Å². The van der Waals surface area contributed by atoms with E-state index >= 15 is 0 Å². The molecule has 0 aliphatic carbocycles. The molecule has 2 N–H and O–H groups in total. The number of nitrogens with zero attached hydrogens (tertiary/aromatic N) is 3. The van der Waals surface area contributed by atoms with Crippen LogP contribution in [0.15, 0.2) is 40.9 Å². The lowest BCUT2D eigenvalue weighted by atomic mass is 10.0. The first-order valence-electron chi connectivity index (χ1n) is 9.29. The van der Waals surface area contributed by atoms with Crippen LogP contribution in [0.25, 0.3) is 10.2 Å². The second-order valence-electron chi connectivity index (χ2n) is 6.65. The van der Waals surface area contributed by atoms with Gasteiger partial charge in [-0.3, -0.25) is 9.79 Å². The predicted octanol–water partition coefficient (Wildman–Crippen LogP) is 3.42. The Balaban J connectivity index is 1.78. The minimum absolute atomic E-state index is 0.176.